The van der Waals surface area contributed by atoms with Gasteiger partial charge >= 0.3 is 0 Å². The fourth-order valence-corrected chi connectivity index (χ4v) is 10.1. The highest BCUT2D eigenvalue weighted by Gasteiger charge is 2.30. The van der Waals surface area contributed by atoms with Crippen molar-refractivity contribution in [2.45, 2.75) is 101 Å². The number of amides is 2. The van der Waals surface area contributed by atoms with Crippen LogP contribution in [0.1, 0.15) is 107 Å². The van der Waals surface area contributed by atoms with Gasteiger partial charge < -0.3 is 18.9 Å². The van der Waals surface area contributed by atoms with Crippen LogP contribution in [-0.4, -0.2) is 44.0 Å². The maximum absolute atomic E-state index is 11.7. The van der Waals surface area contributed by atoms with Crippen molar-refractivity contribution in [2.24, 2.45) is 28.0 Å². The van der Waals surface area contributed by atoms with Crippen molar-refractivity contribution in [1.82, 2.24) is 31.2 Å². The van der Waals surface area contributed by atoms with E-state index in [2.05, 4.69) is 48.0 Å². The molecule has 2 unspecified atom stereocenters. The van der Waals surface area contributed by atoms with E-state index in [9.17, 15) is 19.2 Å². The Morgan fingerprint density at radius 1 is 0.487 bits per heavy atom. The van der Waals surface area contributed by atoms with Crippen LogP contribution in [0.4, 0.5) is 0 Å². The first-order valence-electron chi connectivity index (χ1n) is 24.6. The molecule has 426 valence electrons. The summed E-state index contributed by atoms with van der Waals surface area (Å²) in [6.07, 6.45) is 0.770. The van der Waals surface area contributed by atoms with E-state index in [1.54, 1.807) is 67.6 Å². The molecule has 2 aliphatic rings. The molecule has 0 saturated heterocycles. The molecular weight excluding hydrogens is 1200 g/mol. The van der Waals surface area contributed by atoms with E-state index < -0.39 is 0 Å². The average Bonchev–Trinajstić information content (AvgIpc) is 3.35. The number of benzene rings is 4. The summed E-state index contributed by atoms with van der Waals surface area (Å²) in [6, 6.07) is 17.2. The molecule has 4 N–H and O–H groups in total. The molecule has 6 aromatic rings. The summed E-state index contributed by atoms with van der Waals surface area (Å²) in [4.78, 5) is 46.5. The third kappa shape index (κ3) is 18.1. The van der Waals surface area contributed by atoms with Crippen molar-refractivity contribution in [1.29, 1.82) is 0 Å². The minimum atomic E-state index is -0.356. The minimum Gasteiger partial charge on any atom is -0.438 e. The van der Waals surface area contributed by atoms with Crippen molar-refractivity contribution < 1.29 is 28.5 Å². The molecule has 2 aliphatic heterocycles. The zero-order valence-electron chi connectivity index (χ0n) is 45.4. The van der Waals surface area contributed by atoms with Crippen LogP contribution in [0.5, 0.6) is 34.8 Å². The van der Waals surface area contributed by atoms with Gasteiger partial charge in [0.15, 0.2) is 23.0 Å². The number of hydrazone groups is 2. The van der Waals surface area contributed by atoms with Gasteiger partial charge in [0.2, 0.25) is 35.4 Å². The van der Waals surface area contributed by atoms with E-state index in [1.165, 1.54) is 0 Å². The molecule has 0 radical (unpaired) electrons. The van der Waals surface area contributed by atoms with E-state index in [1.807, 2.05) is 69.2 Å². The normalized spacial score (nSPS) is 14.7. The van der Waals surface area contributed by atoms with E-state index in [4.69, 9.17) is 112 Å². The van der Waals surface area contributed by atoms with Crippen LogP contribution < -0.4 is 40.9 Å². The lowest BCUT2D eigenvalue weighted by molar-refractivity contribution is -0.127. The molecule has 0 aliphatic carbocycles. The molecule has 0 saturated carbocycles. The second-order valence-corrected chi connectivity index (χ2v) is 22.8. The van der Waals surface area contributed by atoms with Gasteiger partial charge in [0.1, 0.15) is 0 Å². The van der Waals surface area contributed by atoms with Crippen molar-refractivity contribution >= 4 is 116 Å². The Hall–Kier alpha value is -5.82. The number of aromatic nitrogens is 4. The Bertz CT molecular complexity index is 3260. The number of carbonyl (C=O) groups excluding carboxylic acids is 2. The SMILES string of the molecule is C=C(C)C1CC(Oc2c(Cl)cc(C)cc2Cl)=NNC1=O.Cc1cc(Cl)c(OC2=NNC(=O)C(C(C)C)C2)c(Cl)c1.Cc1cc(Cl)c(Oc2cc(C(C)C)c(=O)[nH]n2)c(Cl)c1.Cc1cc(Cl)c(Oc2cc(C(C)C)c(=O)[nH]n2)c(Cl)c1. The number of halogens is 8. The first kappa shape index (κ1) is 65.0. The highest BCUT2D eigenvalue weighted by Crippen LogP contribution is 2.40. The minimum absolute atomic E-state index is 0.0630. The third-order valence-electron chi connectivity index (χ3n) is 11.7. The topological polar surface area (TPSA) is 211 Å². The Morgan fingerprint density at radius 3 is 1.09 bits per heavy atom. The van der Waals surface area contributed by atoms with Gasteiger partial charge in [0.05, 0.1) is 52.0 Å². The number of aryl methyl sites for hydroxylation is 4. The Kier molecular flexibility index (Phi) is 23.8. The summed E-state index contributed by atoms with van der Waals surface area (Å²) in [5, 5.41) is 23.5. The molecule has 0 spiro atoms. The average molecular weight is 1250 g/mol. The van der Waals surface area contributed by atoms with Gasteiger partial charge in [-0.1, -0.05) is 147 Å². The lowest BCUT2D eigenvalue weighted by Crippen LogP contribution is -2.38. The molecular formula is C56H58Cl8N8O8. The van der Waals surface area contributed by atoms with Crippen molar-refractivity contribution in [3.05, 3.63) is 167 Å². The highest BCUT2D eigenvalue weighted by atomic mass is 35.5. The summed E-state index contributed by atoms with van der Waals surface area (Å²) in [5.74, 6) is 2.17. The zero-order valence-corrected chi connectivity index (χ0v) is 51.4. The van der Waals surface area contributed by atoms with E-state index in [0.717, 1.165) is 27.8 Å². The molecule has 24 heteroatoms. The van der Waals surface area contributed by atoms with E-state index in [-0.39, 0.29) is 64.3 Å². The van der Waals surface area contributed by atoms with Crippen molar-refractivity contribution in [2.75, 3.05) is 0 Å². The van der Waals surface area contributed by atoms with Crippen LogP contribution in [0.3, 0.4) is 0 Å². The fourth-order valence-electron chi connectivity index (χ4n) is 7.45. The number of nitrogens with zero attached hydrogens (tertiary/aromatic N) is 4. The number of rotatable bonds is 10. The van der Waals surface area contributed by atoms with Gasteiger partial charge in [-0.05, 0) is 123 Å². The van der Waals surface area contributed by atoms with Crippen LogP contribution in [-0.2, 0) is 9.59 Å². The van der Waals surface area contributed by atoms with Gasteiger partial charge in [-0.15, -0.1) is 20.4 Å². The van der Waals surface area contributed by atoms with Crippen molar-refractivity contribution in [3.8, 4) is 34.8 Å². The van der Waals surface area contributed by atoms with E-state index in [0.29, 0.717) is 98.9 Å². The lowest BCUT2D eigenvalue weighted by atomic mass is 9.91. The number of nitrogens with one attached hydrogen (secondary N) is 4. The number of ether oxygens (including phenoxy) is 4. The van der Waals surface area contributed by atoms with Crippen molar-refractivity contribution in [3.63, 3.8) is 0 Å². The Balaban J connectivity index is 0.000000196. The third-order valence-corrected chi connectivity index (χ3v) is 13.9. The summed E-state index contributed by atoms with van der Waals surface area (Å²) in [6.45, 7) is 24.8. The molecule has 8 rings (SSSR count). The summed E-state index contributed by atoms with van der Waals surface area (Å²) in [7, 11) is 0. The van der Waals surface area contributed by atoms with Gasteiger partial charge in [0, 0.05) is 36.1 Å². The summed E-state index contributed by atoms with van der Waals surface area (Å²) >= 11 is 48.9. The Labute approximate surface area is 503 Å². The smallest absolute Gasteiger partial charge is 0.267 e. The largest absolute Gasteiger partial charge is 0.438 e. The molecule has 0 fully saturated rings. The van der Waals surface area contributed by atoms with Crippen LogP contribution in [0.2, 0.25) is 40.2 Å². The summed E-state index contributed by atoms with van der Waals surface area (Å²) in [5.41, 5.74) is 10.1. The highest BCUT2D eigenvalue weighted by molar-refractivity contribution is 6.39. The van der Waals surface area contributed by atoms with Crippen LogP contribution in [0.25, 0.3) is 0 Å². The van der Waals surface area contributed by atoms with Gasteiger partial charge in [0.25, 0.3) is 11.1 Å². The number of H-pyrrole nitrogens is 2. The first-order chi connectivity index (χ1) is 37.5. The molecule has 4 heterocycles. The fraction of sp³-hybridized carbons (Fsp3) is 0.321. The quantitative estimate of drug-likeness (QED) is 0.0953. The number of carbonyl (C=O) groups is 2. The zero-order chi connectivity index (χ0) is 59.4. The summed E-state index contributed by atoms with van der Waals surface area (Å²) < 4.78 is 22.5. The first-order valence-corrected chi connectivity index (χ1v) is 27.7. The number of hydrogen-bond donors (Lipinski definition) is 4. The number of aromatic amines is 2. The molecule has 2 atom stereocenters. The second kappa shape index (κ2) is 29.2. The van der Waals surface area contributed by atoms with Gasteiger partial charge in [-0.2, -0.15) is 0 Å². The molecule has 2 aromatic heterocycles. The predicted molar refractivity (Wildman–Crippen MR) is 321 cm³/mol. The molecule has 4 aromatic carbocycles. The molecule has 0 bridgehead atoms. The molecule has 16 nitrogen and oxygen atoms in total. The number of hydrogen-bond acceptors (Lipinski definition) is 12. The molecule has 80 heavy (non-hydrogen) atoms. The molecule has 2 amide bonds. The maximum Gasteiger partial charge on any atom is 0.267 e. The van der Waals surface area contributed by atoms with E-state index >= 15 is 0 Å². The standard InChI is InChI=1S/C14H16Cl2N2O2.3C14H14Cl2N2O2/c4*1-7(2)9-6-12(17-18-14(9)19)20-13-10(15)4-8(3)5-11(13)16/h4-5,7,9H,6H2,1-3H3,(H,18,19);2*4-7H,1-3H3,(H,18,19);4-5,9H,1,6H2,2-3H3,(H,18,19). The van der Waals surface area contributed by atoms with Crippen LogP contribution >= 0.6 is 92.8 Å². The predicted octanol–water partition coefficient (Wildman–Crippen LogP) is 16.1. The van der Waals surface area contributed by atoms with Crippen LogP contribution in [0.15, 0.2) is 92.6 Å². The van der Waals surface area contributed by atoms with Gasteiger partial charge in [-0.25, -0.2) is 21.0 Å². The maximum atomic E-state index is 11.7. The lowest BCUT2D eigenvalue weighted by Gasteiger charge is -2.24. The monoisotopic (exact) mass is 1250 g/mol. The second-order valence-electron chi connectivity index (χ2n) is 19.6. The van der Waals surface area contributed by atoms with Crippen LogP contribution in [0, 0.1) is 45.4 Å². The Morgan fingerprint density at radius 2 is 0.787 bits per heavy atom. The van der Waals surface area contributed by atoms with Gasteiger partial charge in [-0.3, -0.25) is 19.2 Å².